The lowest BCUT2D eigenvalue weighted by molar-refractivity contribution is -0.139. The zero-order valence-electron chi connectivity index (χ0n) is 21.3. The number of carbonyl (C=O) groups is 2. The highest BCUT2D eigenvalue weighted by atomic mass is 32.1. The quantitative estimate of drug-likeness (QED) is 0.350. The van der Waals surface area contributed by atoms with Crippen molar-refractivity contribution in [1.29, 1.82) is 0 Å². The summed E-state index contributed by atoms with van der Waals surface area (Å²) in [7, 11) is 0. The Balaban J connectivity index is 1.90. The summed E-state index contributed by atoms with van der Waals surface area (Å²) in [5.41, 5.74) is 1.78. The number of benzene rings is 2. The van der Waals surface area contributed by atoms with Gasteiger partial charge in [-0.25, -0.2) is 9.79 Å². The van der Waals surface area contributed by atoms with E-state index in [9.17, 15) is 14.4 Å². The molecule has 2 aromatic carbocycles. The summed E-state index contributed by atoms with van der Waals surface area (Å²) >= 11 is 1.20. The first-order valence-corrected chi connectivity index (χ1v) is 12.7. The molecule has 4 rings (SSSR count). The van der Waals surface area contributed by atoms with Gasteiger partial charge in [-0.05, 0) is 57.5 Å². The third-order valence-electron chi connectivity index (χ3n) is 5.54. The third-order valence-corrected chi connectivity index (χ3v) is 6.53. The summed E-state index contributed by atoms with van der Waals surface area (Å²) in [6.07, 6.45) is 1.68. The van der Waals surface area contributed by atoms with Gasteiger partial charge in [-0.2, -0.15) is 0 Å². The Bertz CT molecular complexity index is 1550. The number of carbonyl (C=O) groups excluding carboxylic acids is 2. The van der Waals surface area contributed by atoms with Gasteiger partial charge in [0.2, 0.25) is 0 Å². The second kappa shape index (κ2) is 11.0. The van der Waals surface area contributed by atoms with Crippen molar-refractivity contribution < 1.29 is 23.8 Å². The molecule has 0 N–H and O–H groups in total. The fraction of sp³-hybridized carbons (Fsp3) is 0.286. The maximum absolute atomic E-state index is 13.8. The zero-order valence-corrected chi connectivity index (χ0v) is 22.1. The van der Waals surface area contributed by atoms with Crippen molar-refractivity contribution in [2.24, 2.45) is 4.99 Å². The van der Waals surface area contributed by atoms with E-state index in [2.05, 4.69) is 4.99 Å². The number of para-hydroxylation sites is 1. The van der Waals surface area contributed by atoms with Gasteiger partial charge in [0.15, 0.2) is 4.80 Å². The number of hydrogen-bond acceptors (Lipinski definition) is 8. The Labute approximate surface area is 218 Å². The monoisotopic (exact) mass is 520 g/mol. The maximum Gasteiger partial charge on any atom is 0.338 e. The predicted molar refractivity (Wildman–Crippen MR) is 140 cm³/mol. The van der Waals surface area contributed by atoms with Crippen LogP contribution in [0.1, 0.15) is 51.8 Å². The van der Waals surface area contributed by atoms with Gasteiger partial charge in [-0.15, -0.1) is 0 Å². The van der Waals surface area contributed by atoms with Crippen LogP contribution in [-0.2, 0) is 14.3 Å². The average molecular weight is 521 g/mol. The number of fused-ring (bicyclic) bond motifs is 1. The van der Waals surface area contributed by atoms with Gasteiger partial charge in [-0.3, -0.25) is 14.2 Å². The fourth-order valence-electron chi connectivity index (χ4n) is 4.10. The van der Waals surface area contributed by atoms with E-state index in [-0.39, 0.29) is 18.3 Å². The van der Waals surface area contributed by atoms with Gasteiger partial charge < -0.3 is 14.2 Å². The van der Waals surface area contributed by atoms with Gasteiger partial charge in [0.1, 0.15) is 11.5 Å². The molecule has 1 aliphatic heterocycles. The number of esters is 2. The standard InChI is InChI=1S/C28H28N2O6S/c1-6-34-27(33)24-17(4)29-28-30(25(24)19-11-13-21(14-12-19)35-16(2)3)26(32)23(37-28)15-20-9-7-8-10-22(20)36-18(5)31/h7-16,25H,6H2,1-5H3/b23-15-/t25-/m1/s1. The smallest absolute Gasteiger partial charge is 0.338 e. The van der Waals surface area contributed by atoms with Gasteiger partial charge in [0.05, 0.1) is 34.6 Å². The van der Waals surface area contributed by atoms with Crippen molar-refractivity contribution in [3.8, 4) is 11.5 Å². The van der Waals surface area contributed by atoms with Crippen molar-refractivity contribution in [3.05, 3.63) is 90.6 Å². The highest BCUT2D eigenvalue weighted by Gasteiger charge is 2.33. The topological polar surface area (TPSA) is 96.2 Å². The van der Waals surface area contributed by atoms with E-state index in [1.54, 1.807) is 44.2 Å². The van der Waals surface area contributed by atoms with Crippen LogP contribution < -0.4 is 24.4 Å². The number of ether oxygens (including phenoxy) is 3. The molecular formula is C28H28N2O6S. The fourth-order valence-corrected chi connectivity index (χ4v) is 5.13. The van der Waals surface area contributed by atoms with E-state index < -0.39 is 18.0 Å². The Morgan fingerprint density at radius 2 is 1.84 bits per heavy atom. The molecule has 37 heavy (non-hydrogen) atoms. The first-order chi connectivity index (χ1) is 17.7. The van der Waals surface area contributed by atoms with Crippen LogP contribution in [0.5, 0.6) is 11.5 Å². The molecule has 0 saturated heterocycles. The molecular weight excluding hydrogens is 492 g/mol. The van der Waals surface area contributed by atoms with Crippen molar-refractivity contribution in [3.63, 3.8) is 0 Å². The van der Waals surface area contributed by atoms with Crippen LogP contribution in [-0.4, -0.2) is 29.2 Å². The van der Waals surface area contributed by atoms with Crippen LogP contribution in [0.3, 0.4) is 0 Å². The maximum atomic E-state index is 13.8. The minimum Gasteiger partial charge on any atom is -0.491 e. The minimum atomic E-state index is -0.728. The molecule has 3 aromatic rings. The molecule has 0 spiro atoms. The average Bonchev–Trinajstić information content (AvgIpc) is 3.14. The van der Waals surface area contributed by atoms with Crippen LogP contribution in [0.4, 0.5) is 0 Å². The number of thiazole rings is 1. The van der Waals surface area contributed by atoms with E-state index in [1.807, 2.05) is 38.1 Å². The largest absolute Gasteiger partial charge is 0.491 e. The number of hydrogen-bond donors (Lipinski definition) is 0. The molecule has 1 aromatic heterocycles. The van der Waals surface area contributed by atoms with E-state index in [0.29, 0.717) is 37.7 Å². The van der Waals surface area contributed by atoms with Crippen LogP contribution in [0, 0.1) is 0 Å². The summed E-state index contributed by atoms with van der Waals surface area (Å²) < 4.78 is 18.3. The molecule has 0 bridgehead atoms. The van der Waals surface area contributed by atoms with E-state index in [0.717, 1.165) is 5.56 Å². The van der Waals surface area contributed by atoms with Gasteiger partial charge >= 0.3 is 11.9 Å². The molecule has 1 atom stereocenters. The Hall–Kier alpha value is -3.98. The van der Waals surface area contributed by atoms with Crippen LogP contribution >= 0.6 is 11.3 Å². The minimum absolute atomic E-state index is 0.00983. The summed E-state index contributed by atoms with van der Waals surface area (Å²) in [6.45, 7) is 8.87. The summed E-state index contributed by atoms with van der Waals surface area (Å²) in [4.78, 5) is 43.4. The van der Waals surface area contributed by atoms with Gasteiger partial charge in [0, 0.05) is 12.5 Å². The number of nitrogens with zero attached hydrogens (tertiary/aromatic N) is 2. The molecule has 0 unspecified atom stereocenters. The lowest BCUT2D eigenvalue weighted by atomic mass is 9.96. The summed E-state index contributed by atoms with van der Waals surface area (Å²) in [6, 6.07) is 13.6. The molecule has 0 radical (unpaired) electrons. The lowest BCUT2D eigenvalue weighted by Gasteiger charge is -2.25. The van der Waals surface area contributed by atoms with Crippen LogP contribution in [0.15, 0.2) is 69.6 Å². The number of rotatable bonds is 7. The van der Waals surface area contributed by atoms with Crippen molar-refractivity contribution in [2.75, 3.05) is 6.61 Å². The van der Waals surface area contributed by atoms with E-state index in [4.69, 9.17) is 14.2 Å². The molecule has 9 heteroatoms. The Morgan fingerprint density at radius 1 is 1.14 bits per heavy atom. The summed E-state index contributed by atoms with van der Waals surface area (Å²) in [5, 5.41) is 0. The second-order valence-corrected chi connectivity index (χ2v) is 9.68. The Morgan fingerprint density at radius 3 is 2.49 bits per heavy atom. The van der Waals surface area contributed by atoms with E-state index in [1.165, 1.54) is 22.8 Å². The van der Waals surface area contributed by atoms with Crippen LogP contribution in [0.2, 0.25) is 0 Å². The van der Waals surface area contributed by atoms with Gasteiger partial charge in [0.25, 0.3) is 5.56 Å². The molecule has 0 fully saturated rings. The normalized spacial score (nSPS) is 15.3. The molecule has 2 heterocycles. The van der Waals surface area contributed by atoms with Crippen LogP contribution in [0.25, 0.3) is 6.08 Å². The van der Waals surface area contributed by atoms with Crippen molar-refractivity contribution >= 4 is 29.4 Å². The molecule has 0 amide bonds. The number of allylic oxidation sites excluding steroid dienone is 1. The first-order valence-electron chi connectivity index (χ1n) is 11.9. The zero-order chi connectivity index (χ0) is 26.7. The predicted octanol–water partition coefficient (Wildman–Crippen LogP) is 3.51. The number of aromatic nitrogens is 1. The highest BCUT2D eigenvalue weighted by Crippen LogP contribution is 2.32. The second-order valence-electron chi connectivity index (χ2n) is 8.67. The van der Waals surface area contributed by atoms with Crippen molar-refractivity contribution in [2.45, 2.75) is 46.8 Å². The first kappa shape index (κ1) is 26.1. The summed E-state index contributed by atoms with van der Waals surface area (Å²) in [5.74, 6) is 0.0563. The molecule has 8 nitrogen and oxygen atoms in total. The SMILES string of the molecule is CCOC(=O)C1=C(C)N=c2s/c(=C\c3ccccc3OC(C)=O)c(=O)n2[C@@H]1c1ccc(OC(C)C)cc1. The molecule has 0 saturated carbocycles. The Kier molecular flexibility index (Phi) is 7.73. The molecule has 1 aliphatic rings. The lowest BCUT2D eigenvalue weighted by Crippen LogP contribution is -2.39. The molecule has 0 aliphatic carbocycles. The highest BCUT2D eigenvalue weighted by molar-refractivity contribution is 7.07. The molecule has 192 valence electrons. The van der Waals surface area contributed by atoms with Gasteiger partial charge in [-0.1, -0.05) is 41.7 Å². The van der Waals surface area contributed by atoms with E-state index >= 15 is 0 Å². The van der Waals surface area contributed by atoms with Crippen molar-refractivity contribution in [1.82, 2.24) is 4.57 Å². The third kappa shape index (κ3) is 5.56.